The van der Waals surface area contributed by atoms with E-state index in [1.165, 1.54) is 29.9 Å². The molecule has 0 radical (unpaired) electrons. The second-order valence-electron chi connectivity index (χ2n) is 8.04. The van der Waals surface area contributed by atoms with Gasteiger partial charge in [0, 0.05) is 18.2 Å². The molecule has 1 unspecified atom stereocenters. The first-order valence-corrected chi connectivity index (χ1v) is 13.0. The predicted octanol–water partition coefficient (Wildman–Crippen LogP) is 4.62. The van der Waals surface area contributed by atoms with E-state index in [2.05, 4.69) is 15.0 Å². The summed E-state index contributed by atoms with van der Waals surface area (Å²) in [5.74, 6) is 0.397. The molecule has 4 rings (SSSR count). The number of amides is 1. The molecule has 1 amide bonds. The van der Waals surface area contributed by atoms with E-state index in [1.54, 1.807) is 0 Å². The molecule has 33 heavy (non-hydrogen) atoms. The van der Waals surface area contributed by atoms with Gasteiger partial charge in [0.1, 0.15) is 11.6 Å². The minimum absolute atomic E-state index is 0.0167. The molecule has 7 nitrogen and oxygen atoms in total. The van der Waals surface area contributed by atoms with Gasteiger partial charge in [-0.15, -0.1) is 0 Å². The van der Waals surface area contributed by atoms with E-state index in [-0.39, 0.29) is 22.4 Å². The number of halogens is 1. The number of carbonyl (C=O) groups is 1. The molecule has 1 heterocycles. The van der Waals surface area contributed by atoms with E-state index in [9.17, 15) is 13.4 Å². The summed E-state index contributed by atoms with van der Waals surface area (Å²) in [6.07, 6.45) is 6.24. The van der Waals surface area contributed by atoms with Crippen molar-refractivity contribution < 1.29 is 18.1 Å². The predicted molar refractivity (Wildman–Crippen MR) is 130 cm³/mol. The van der Waals surface area contributed by atoms with Crippen molar-refractivity contribution in [2.45, 2.75) is 43.4 Å². The van der Waals surface area contributed by atoms with E-state index in [4.69, 9.17) is 10.5 Å². The summed E-state index contributed by atoms with van der Waals surface area (Å²) in [6, 6.07) is 9.54. The minimum atomic E-state index is -1.80. The van der Waals surface area contributed by atoms with E-state index < -0.39 is 16.8 Å². The van der Waals surface area contributed by atoms with E-state index >= 15 is 0 Å². The molecule has 0 spiro atoms. The number of hydrogen-bond acceptors (Lipinski definition) is 6. The molecule has 1 saturated carbocycles. The third kappa shape index (κ3) is 6.20. The largest absolute Gasteiger partial charge is 0.493 e. The van der Waals surface area contributed by atoms with Gasteiger partial charge in [0.25, 0.3) is 0 Å². The molecule has 1 aliphatic rings. The Morgan fingerprint density at radius 3 is 2.82 bits per heavy atom. The number of nitrogens with two attached hydrogens (primary N) is 1. The monoisotopic (exact) mass is 490 g/mol. The van der Waals surface area contributed by atoms with E-state index in [1.807, 2.05) is 18.2 Å². The van der Waals surface area contributed by atoms with Crippen LogP contribution in [0.5, 0.6) is 5.75 Å². The highest BCUT2D eigenvalue weighted by Crippen LogP contribution is 2.30. The first-order valence-electron chi connectivity index (χ1n) is 11.0. The van der Waals surface area contributed by atoms with Gasteiger partial charge in [-0.3, -0.25) is 9.52 Å². The zero-order valence-electron chi connectivity index (χ0n) is 18.1. The van der Waals surface area contributed by atoms with Crippen LogP contribution in [0.2, 0.25) is 0 Å². The Labute approximate surface area is 198 Å². The summed E-state index contributed by atoms with van der Waals surface area (Å²) < 4.78 is 35.9. The molecule has 0 aliphatic heterocycles. The molecule has 0 bridgehead atoms. The van der Waals surface area contributed by atoms with Crippen molar-refractivity contribution in [1.29, 1.82) is 0 Å². The van der Waals surface area contributed by atoms with Crippen LogP contribution in [0.3, 0.4) is 0 Å². The van der Waals surface area contributed by atoms with Crippen LogP contribution in [0.4, 0.5) is 15.2 Å². The molecule has 2 aromatic carbocycles. The smallest absolute Gasteiger partial charge is 0.223 e. The number of thiazole rings is 1. The van der Waals surface area contributed by atoms with Crippen molar-refractivity contribution in [2.24, 2.45) is 5.92 Å². The fourth-order valence-electron chi connectivity index (χ4n) is 3.82. The van der Waals surface area contributed by atoms with Crippen LogP contribution in [0.1, 0.15) is 38.5 Å². The lowest BCUT2D eigenvalue weighted by Crippen LogP contribution is -2.33. The molecule has 1 aliphatic carbocycles. The van der Waals surface area contributed by atoms with Crippen LogP contribution in [0.25, 0.3) is 10.2 Å². The van der Waals surface area contributed by atoms with Gasteiger partial charge >= 0.3 is 0 Å². The van der Waals surface area contributed by atoms with Gasteiger partial charge in [0.15, 0.2) is 16.1 Å². The maximum Gasteiger partial charge on any atom is 0.223 e. The highest BCUT2D eigenvalue weighted by Gasteiger charge is 2.20. The Balaban J connectivity index is 1.27. The van der Waals surface area contributed by atoms with Gasteiger partial charge in [-0.25, -0.2) is 13.6 Å². The van der Waals surface area contributed by atoms with Crippen molar-refractivity contribution >= 4 is 49.3 Å². The quantitative estimate of drug-likeness (QED) is 0.300. The summed E-state index contributed by atoms with van der Waals surface area (Å²) in [4.78, 5) is 16.6. The Morgan fingerprint density at radius 1 is 1.21 bits per heavy atom. The molecule has 1 aromatic heterocycles. The number of ether oxygens (including phenoxy) is 1. The Hall–Kier alpha value is -2.72. The minimum Gasteiger partial charge on any atom is -0.493 e. The fraction of sp³-hybridized carbons (Fsp3) is 0.391. The molecule has 1 fully saturated rings. The van der Waals surface area contributed by atoms with Crippen LogP contribution in [0.15, 0.2) is 41.3 Å². The highest BCUT2D eigenvalue weighted by atomic mass is 32.2. The molecule has 4 N–H and O–H groups in total. The van der Waals surface area contributed by atoms with E-state index in [0.717, 1.165) is 48.4 Å². The second-order valence-corrected chi connectivity index (χ2v) is 10.2. The summed E-state index contributed by atoms with van der Waals surface area (Å²) in [5.41, 5.74) is 6.54. The maximum absolute atomic E-state index is 14.0. The van der Waals surface area contributed by atoms with Crippen molar-refractivity contribution in [3.63, 3.8) is 0 Å². The lowest BCUT2D eigenvalue weighted by atomic mass is 9.89. The van der Waals surface area contributed by atoms with Crippen LogP contribution in [-0.2, 0) is 15.8 Å². The summed E-state index contributed by atoms with van der Waals surface area (Å²) in [6.45, 7) is 1.08. The normalized spacial score (nSPS) is 15.3. The number of aromatic nitrogens is 1. The Bertz CT molecular complexity index is 1150. The van der Waals surface area contributed by atoms with E-state index in [0.29, 0.717) is 24.0 Å². The number of anilines is 2. The lowest BCUT2D eigenvalue weighted by molar-refractivity contribution is -0.125. The van der Waals surface area contributed by atoms with Gasteiger partial charge in [-0.05, 0) is 55.7 Å². The number of nitrogens with zero attached hydrogens (tertiary/aromatic N) is 1. The SMILES string of the molecule is Nc1ccc(S(=O)Nc2nc3ccc(OCCCNC(=O)C4CCCCC4)cc3s2)c(F)c1. The van der Waals surface area contributed by atoms with Gasteiger partial charge in [0.05, 0.1) is 21.7 Å². The van der Waals surface area contributed by atoms with Gasteiger partial charge in [-0.1, -0.05) is 30.6 Å². The molecule has 0 saturated heterocycles. The summed E-state index contributed by atoms with van der Waals surface area (Å²) in [7, 11) is -1.80. The van der Waals surface area contributed by atoms with Gasteiger partial charge in [0.2, 0.25) is 5.91 Å². The van der Waals surface area contributed by atoms with Crippen molar-refractivity contribution in [3.8, 4) is 5.75 Å². The second kappa shape index (κ2) is 10.9. The van der Waals surface area contributed by atoms with Crippen molar-refractivity contribution in [2.75, 3.05) is 23.6 Å². The number of hydrogen-bond donors (Lipinski definition) is 3. The molecule has 3 aromatic rings. The van der Waals surface area contributed by atoms with Crippen molar-refractivity contribution in [3.05, 3.63) is 42.2 Å². The zero-order chi connectivity index (χ0) is 23.2. The Morgan fingerprint density at radius 2 is 2.03 bits per heavy atom. The third-order valence-electron chi connectivity index (χ3n) is 5.56. The van der Waals surface area contributed by atoms with Gasteiger partial charge in [-0.2, -0.15) is 0 Å². The molecular weight excluding hydrogens is 463 g/mol. The fourth-order valence-corrected chi connectivity index (χ4v) is 5.70. The lowest BCUT2D eigenvalue weighted by Gasteiger charge is -2.20. The van der Waals surface area contributed by atoms with Crippen LogP contribution < -0.4 is 20.5 Å². The standard InChI is InChI=1S/C23H27FN4O3S2/c24-18-13-16(25)7-10-21(18)33(30)28-23-27-19-9-8-17(14-20(19)32-23)31-12-4-11-26-22(29)15-5-2-1-3-6-15/h7-10,13-15H,1-6,11-12,25H2,(H,26,29)(H,27,28). The third-order valence-corrected chi connectivity index (χ3v) is 7.73. The number of fused-ring (bicyclic) bond motifs is 1. The zero-order valence-corrected chi connectivity index (χ0v) is 19.8. The number of nitrogen functional groups attached to an aromatic ring is 1. The molecule has 1 atom stereocenters. The summed E-state index contributed by atoms with van der Waals surface area (Å²) in [5, 5.41) is 3.43. The van der Waals surface area contributed by atoms with Crippen LogP contribution in [-0.4, -0.2) is 28.3 Å². The molecule has 10 heteroatoms. The first kappa shape index (κ1) is 23.4. The number of benzene rings is 2. The van der Waals surface area contributed by atoms with Crippen LogP contribution in [0, 0.1) is 11.7 Å². The number of rotatable bonds is 9. The topological polar surface area (TPSA) is 106 Å². The summed E-state index contributed by atoms with van der Waals surface area (Å²) >= 11 is 1.31. The van der Waals surface area contributed by atoms with Gasteiger partial charge < -0.3 is 15.8 Å². The molecule has 176 valence electrons. The Kier molecular flexibility index (Phi) is 7.77. The van der Waals surface area contributed by atoms with Crippen molar-refractivity contribution in [1.82, 2.24) is 10.3 Å². The maximum atomic E-state index is 14.0. The first-order chi connectivity index (χ1) is 16.0. The average molecular weight is 491 g/mol. The highest BCUT2D eigenvalue weighted by molar-refractivity contribution is 7.86. The average Bonchev–Trinajstić information content (AvgIpc) is 3.20. The number of carbonyl (C=O) groups excluding carboxylic acids is 1. The number of nitrogens with one attached hydrogen (secondary N) is 2. The molecular formula is C23H27FN4O3S2. The van der Waals surface area contributed by atoms with Crippen LogP contribution >= 0.6 is 11.3 Å².